The van der Waals surface area contributed by atoms with Gasteiger partial charge in [0.25, 0.3) is 0 Å². The van der Waals surface area contributed by atoms with E-state index in [1.165, 1.54) is 57.8 Å². The molecular weight excluding hydrogens is 400 g/mol. The summed E-state index contributed by atoms with van der Waals surface area (Å²) in [7, 11) is -2.46. The highest BCUT2D eigenvalue weighted by molar-refractivity contribution is 6.83. The zero-order chi connectivity index (χ0) is 23.8. The van der Waals surface area contributed by atoms with E-state index in [9.17, 15) is 0 Å². The summed E-state index contributed by atoms with van der Waals surface area (Å²) in [5, 5.41) is 8.91. The highest BCUT2D eigenvalue weighted by Gasteiger charge is 2.24. The maximum absolute atomic E-state index is 8.91. The van der Waals surface area contributed by atoms with Gasteiger partial charge in [-0.05, 0) is 69.4 Å². The second kappa shape index (κ2) is 17.9. The second-order valence-corrected chi connectivity index (χ2v) is 21.6. The van der Waals surface area contributed by atoms with E-state index in [0.29, 0.717) is 12.5 Å². The maximum Gasteiger partial charge on any atom is 0.170 e. The molecule has 0 saturated heterocycles. The zero-order valence-electron chi connectivity index (χ0n) is 22.9. The summed E-state index contributed by atoms with van der Waals surface area (Å²) >= 11 is 0. The molecule has 0 aliphatic rings. The topological polar surface area (TPSA) is 29.5 Å². The van der Waals surface area contributed by atoms with Crippen molar-refractivity contribution in [2.24, 2.45) is 23.7 Å². The van der Waals surface area contributed by atoms with E-state index in [1.54, 1.807) is 0 Å². The Labute approximate surface area is 194 Å². The minimum atomic E-state index is -1.23. The van der Waals surface area contributed by atoms with Crippen LogP contribution in [0.25, 0.3) is 0 Å². The van der Waals surface area contributed by atoms with E-state index < -0.39 is 16.6 Å². The second-order valence-electron chi connectivity index (χ2n) is 12.3. The van der Waals surface area contributed by atoms with E-state index in [4.69, 9.17) is 9.22 Å². The van der Waals surface area contributed by atoms with Gasteiger partial charge < -0.3 is 9.22 Å². The SMILES string of the molecule is CC(C)CCCC(C)CCCC(C)CCCC(C)CCO.C[Si](C)(C)O[Si](C)(C)C. The largest absolute Gasteiger partial charge is 0.456 e. The van der Waals surface area contributed by atoms with Crippen molar-refractivity contribution >= 4 is 16.6 Å². The third-order valence-electron chi connectivity index (χ3n) is 5.50. The van der Waals surface area contributed by atoms with Crippen LogP contribution in [0.2, 0.25) is 39.3 Å². The zero-order valence-corrected chi connectivity index (χ0v) is 24.9. The van der Waals surface area contributed by atoms with Crippen LogP contribution in [0, 0.1) is 23.7 Å². The van der Waals surface area contributed by atoms with Crippen LogP contribution in [-0.2, 0) is 4.12 Å². The minimum absolute atomic E-state index is 0.353. The highest BCUT2D eigenvalue weighted by Crippen LogP contribution is 2.22. The molecule has 2 nitrogen and oxygen atoms in total. The van der Waals surface area contributed by atoms with Crippen molar-refractivity contribution in [3.05, 3.63) is 0 Å². The number of aliphatic hydroxyl groups is 1. The first-order valence-corrected chi connectivity index (χ1v) is 19.8. The standard InChI is InChI=1S/C20H42O.C6H18OSi2/c1-17(2)9-6-10-18(3)11-7-12-19(4)13-8-14-20(5)15-16-21;1-8(2,3)7-9(4,5)6/h17-21H,6-16H2,1-5H3;1-6H3. The first kappa shape index (κ1) is 32.5. The van der Waals surface area contributed by atoms with Crippen LogP contribution in [-0.4, -0.2) is 28.3 Å². The average molecular weight is 461 g/mol. The Morgan fingerprint density at radius 2 is 0.833 bits per heavy atom. The predicted molar refractivity (Wildman–Crippen MR) is 143 cm³/mol. The third kappa shape index (κ3) is 28.4. The molecule has 1 N–H and O–H groups in total. The summed E-state index contributed by atoms with van der Waals surface area (Å²) in [6, 6.07) is 0. The van der Waals surface area contributed by atoms with Gasteiger partial charge in [0.15, 0.2) is 16.6 Å². The minimum Gasteiger partial charge on any atom is -0.456 e. The summed E-state index contributed by atoms with van der Waals surface area (Å²) in [6.07, 6.45) is 13.4. The summed E-state index contributed by atoms with van der Waals surface area (Å²) in [5.74, 6) is 3.36. The molecule has 184 valence electrons. The average Bonchev–Trinajstić information content (AvgIpc) is 2.51. The highest BCUT2D eigenvalue weighted by atomic mass is 28.4. The van der Waals surface area contributed by atoms with E-state index >= 15 is 0 Å². The van der Waals surface area contributed by atoms with Gasteiger partial charge in [-0.1, -0.05) is 92.4 Å². The summed E-state index contributed by atoms with van der Waals surface area (Å²) in [6.45, 7) is 25.6. The fraction of sp³-hybridized carbons (Fsp3) is 1.00. The molecule has 0 aromatic heterocycles. The van der Waals surface area contributed by atoms with Gasteiger partial charge in [0.1, 0.15) is 0 Å². The predicted octanol–water partition coefficient (Wildman–Crippen LogP) is 9.12. The van der Waals surface area contributed by atoms with Crippen molar-refractivity contribution in [1.29, 1.82) is 0 Å². The fourth-order valence-corrected chi connectivity index (χ4v) is 11.4. The molecular formula is C26H60O2Si2. The lowest BCUT2D eigenvalue weighted by Gasteiger charge is -2.27. The lowest BCUT2D eigenvalue weighted by molar-refractivity contribution is 0.255. The molecule has 0 aliphatic carbocycles. The molecule has 0 aliphatic heterocycles. The lowest BCUT2D eigenvalue weighted by atomic mass is 9.91. The molecule has 0 heterocycles. The normalized spacial score (nSPS) is 15.5. The molecule has 3 atom stereocenters. The smallest absolute Gasteiger partial charge is 0.170 e. The number of hydrogen-bond acceptors (Lipinski definition) is 2. The van der Waals surface area contributed by atoms with Crippen LogP contribution >= 0.6 is 0 Å². The number of aliphatic hydroxyl groups excluding tert-OH is 1. The van der Waals surface area contributed by atoms with E-state index in [1.807, 2.05) is 0 Å². The molecule has 0 aromatic carbocycles. The van der Waals surface area contributed by atoms with Gasteiger partial charge >= 0.3 is 0 Å². The quantitative estimate of drug-likeness (QED) is 0.233. The van der Waals surface area contributed by atoms with E-state index in [2.05, 4.69) is 73.9 Å². The summed E-state index contributed by atoms with van der Waals surface area (Å²) in [4.78, 5) is 0. The molecule has 3 unspecified atom stereocenters. The van der Waals surface area contributed by atoms with Gasteiger partial charge in [-0.25, -0.2) is 0 Å². The lowest BCUT2D eigenvalue weighted by Crippen LogP contribution is -2.39. The van der Waals surface area contributed by atoms with Crippen LogP contribution in [0.1, 0.15) is 98.8 Å². The molecule has 30 heavy (non-hydrogen) atoms. The van der Waals surface area contributed by atoms with Crippen LogP contribution in [0.4, 0.5) is 0 Å². The Hall–Kier alpha value is 0.354. The Morgan fingerprint density at radius 3 is 1.07 bits per heavy atom. The molecule has 0 spiro atoms. The monoisotopic (exact) mass is 460 g/mol. The maximum atomic E-state index is 8.91. The van der Waals surface area contributed by atoms with Gasteiger partial charge in [-0.2, -0.15) is 0 Å². The van der Waals surface area contributed by atoms with Gasteiger partial charge in [0, 0.05) is 6.61 Å². The fourth-order valence-electron chi connectivity index (χ4n) is 4.08. The van der Waals surface area contributed by atoms with E-state index in [-0.39, 0.29) is 0 Å². The van der Waals surface area contributed by atoms with Crippen molar-refractivity contribution in [2.75, 3.05) is 6.61 Å². The molecule has 0 radical (unpaired) electrons. The molecule has 0 amide bonds. The first-order valence-electron chi connectivity index (χ1n) is 13.0. The van der Waals surface area contributed by atoms with Crippen LogP contribution in [0.15, 0.2) is 0 Å². The van der Waals surface area contributed by atoms with Gasteiger partial charge in [0.05, 0.1) is 0 Å². The Kier molecular flexibility index (Phi) is 19.4. The Balaban J connectivity index is 0. The summed E-state index contributed by atoms with van der Waals surface area (Å²) < 4.78 is 5.90. The van der Waals surface area contributed by atoms with Crippen molar-refractivity contribution in [3.63, 3.8) is 0 Å². The van der Waals surface area contributed by atoms with Gasteiger partial charge in [0.2, 0.25) is 0 Å². The molecule has 4 heteroatoms. The number of rotatable bonds is 16. The van der Waals surface area contributed by atoms with Crippen molar-refractivity contribution in [1.82, 2.24) is 0 Å². The molecule has 0 fully saturated rings. The third-order valence-corrected chi connectivity index (χ3v) is 10.4. The van der Waals surface area contributed by atoms with Crippen LogP contribution < -0.4 is 0 Å². The Bertz CT molecular complexity index is 360. The Morgan fingerprint density at radius 1 is 0.533 bits per heavy atom. The van der Waals surface area contributed by atoms with Crippen LogP contribution in [0.3, 0.4) is 0 Å². The first-order chi connectivity index (χ1) is 13.7. The molecule has 0 saturated carbocycles. The van der Waals surface area contributed by atoms with Gasteiger partial charge in [-0.3, -0.25) is 0 Å². The number of hydrogen-bond donors (Lipinski definition) is 1. The van der Waals surface area contributed by atoms with Crippen molar-refractivity contribution in [3.8, 4) is 0 Å². The summed E-state index contributed by atoms with van der Waals surface area (Å²) in [5.41, 5.74) is 0. The molecule has 0 rings (SSSR count). The van der Waals surface area contributed by atoms with E-state index in [0.717, 1.165) is 24.2 Å². The molecule has 0 aromatic rings. The molecule has 0 bridgehead atoms. The van der Waals surface area contributed by atoms with Crippen molar-refractivity contribution < 1.29 is 9.22 Å². The van der Waals surface area contributed by atoms with Crippen LogP contribution in [0.5, 0.6) is 0 Å². The van der Waals surface area contributed by atoms with Gasteiger partial charge in [-0.15, -0.1) is 0 Å². The van der Waals surface area contributed by atoms with Crippen molar-refractivity contribution in [2.45, 2.75) is 138 Å².